The van der Waals surface area contributed by atoms with E-state index in [2.05, 4.69) is 6.92 Å². The van der Waals surface area contributed by atoms with Gasteiger partial charge in [0.2, 0.25) is 0 Å². The molecule has 0 aromatic carbocycles. The van der Waals surface area contributed by atoms with Crippen LogP contribution in [0.3, 0.4) is 0 Å². The SMILES string of the molecule is COC(=O)[C@H](O)[C@H]1C(C)(C)[C@H](O)[C@@H]2CC3=C4CC(=O)O[C@@H](c5ccoc5)[C@@]4(C)CC[C@H]3[C@@]1(C)C2=O. The molecule has 3 aliphatic carbocycles. The number of rotatable bonds is 3. The van der Waals surface area contributed by atoms with Crippen molar-refractivity contribution in [2.75, 3.05) is 7.11 Å². The molecular formula is C27H34O8. The van der Waals surface area contributed by atoms with E-state index in [9.17, 15) is 24.6 Å². The average Bonchev–Trinajstić information content (AvgIpc) is 3.34. The highest BCUT2D eigenvalue weighted by atomic mass is 16.5. The molecule has 2 bridgehead atoms. The van der Waals surface area contributed by atoms with Gasteiger partial charge in [-0.15, -0.1) is 0 Å². The van der Waals surface area contributed by atoms with E-state index < -0.39 is 52.4 Å². The van der Waals surface area contributed by atoms with Crippen molar-refractivity contribution in [3.8, 4) is 0 Å². The van der Waals surface area contributed by atoms with Crippen molar-refractivity contribution in [1.82, 2.24) is 0 Å². The fourth-order valence-electron chi connectivity index (χ4n) is 8.18. The number of hydrogen-bond acceptors (Lipinski definition) is 8. The van der Waals surface area contributed by atoms with Gasteiger partial charge in [0.05, 0.1) is 32.2 Å². The van der Waals surface area contributed by atoms with E-state index >= 15 is 0 Å². The number of cyclic esters (lactones) is 1. The summed E-state index contributed by atoms with van der Waals surface area (Å²) >= 11 is 0. The number of allylic oxidation sites excluding steroid dienone is 1. The summed E-state index contributed by atoms with van der Waals surface area (Å²) in [6.07, 6.45) is 1.80. The van der Waals surface area contributed by atoms with Crippen LogP contribution in [0.15, 0.2) is 34.2 Å². The number of Topliss-reactive ketones (excluding diaryl/α,β-unsaturated/α-hetero) is 1. The Labute approximate surface area is 204 Å². The number of carbonyl (C=O) groups excluding carboxylic acids is 3. The van der Waals surface area contributed by atoms with E-state index in [-0.39, 0.29) is 24.1 Å². The smallest absolute Gasteiger partial charge is 0.335 e. The van der Waals surface area contributed by atoms with Gasteiger partial charge in [-0.2, -0.15) is 0 Å². The van der Waals surface area contributed by atoms with E-state index in [1.165, 1.54) is 7.11 Å². The average molecular weight is 487 g/mol. The molecule has 8 nitrogen and oxygen atoms in total. The maximum atomic E-state index is 13.9. The molecule has 2 heterocycles. The van der Waals surface area contributed by atoms with Gasteiger partial charge in [0.1, 0.15) is 11.9 Å². The predicted octanol–water partition coefficient (Wildman–Crippen LogP) is 3.13. The van der Waals surface area contributed by atoms with E-state index in [0.717, 1.165) is 16.7 Å². The van der Waals surface area contributed by atoms with Crippen LogP contribution >= 0.6 is 0 Å². The third kappa shape index (κ3) is 3.08. The van der Waals surface area contributed by atoms with Gasteiger partial charge in [0.15, 0.2) is 6.10 Å². The Balaban J connectivity index is 1.69. The number of aliphatic hydroxyl groups is 2. The number of hydrogen-bond donors (Lipinski definition) is 2. The predicted molar refractivity (Wildman–Crippen MR) is 123 cm³/mol. The highest BCUT2D eigenvalue weighted by molar-refractivity contribution is 5.93. The van der Waals surface area contributed by atoms with Gasteiger partial charge < -0.3 is 24.1 Å². The lowest BCUT2D eigenvalue weighted by atomic mass is 9.40. The van der Waals surface area contributed by atoms with Crippen LogP contribution in [0, 0.1) is 34.0 Å². The standard InChI is InChI=1S/C27H34O8/c1-25(2)20(19(29)24(32)33-5)27(4)16-6-8-26(3)17(14(16)10-15(21(25)30)22(27)31)11-18(28)35-23(26)13-7-9-34-12-13/h7,9,12,15-16,19-21,23,29-30H,6,8,10-11H2,1-5H3/t15-,16+,19+,20-,21+,23-,26-,27+/m0/s1. The number of carbonyl (C=O) groups is 3. The molecule has 3 fully saturated rings. The van der Waals surface area contributed by atoms with Crippen molar-refractivity contribution in [2.24, 2.45) is 34.0 Å². The lowest BCUT2D eigenvalue weighted by molar-refractivity contribution is -0.203. The van der Waals surface area contributed by atoms with Gasteiger partial charge in [-0.25, -0.2) is 4.79 Å². The molecule has 0 spiro atoms. The number of fused-ring (bicyclic) bond motifs is 5. The molecule has 0 unspecified atom stereocenters. The lowest BCUT2D eigenvalue weighted by Crippen LogP contribution is -2.68. The van der Waals surface area contributed by atoms with E-state index in [1.807, 2.05) is 20.8 Å². The van der Waals surface area contributed by atoms with Gasteiger partial charge in [-0.3, -0.25) is 9.59 Å². The van der Waals surface area contributed by atoms with Crippen molar-refractivity contribution < 1.29 is 38.5 Å². The third-order valence-corrected chi connectivity index (χ3v) is 9.83. The molecule has 1 aliphatic heterocycles. The number of furan rings is 1. The van der Waals surface area contributed by atoms with Crippen molar-refractivity contribution in [2.45, 2.75) is 71.7 Å². The molecular weight excluding hydrogens is 452 g/mol. The second-order valence-corrected chi connectivity index (χ2v) is 11.8. The molecule has 190 valence electrons. The summed E-state index contributed by atoms with van der Waals surface area (Å²) in [6.45, 7) is 7.54. The number of esters is 2. The van der Waals surface area contributed by atoms with Crippen LogP contribution in [0.4, 0.5) is 0 Å². The molecule has 1 aromatic rings. The highest BCUT2D eigenvalue weighted by Gasteiger charge is 2.69. The Morgan fingerprint density at radius 1 is 1.23 bits per heavy atom. The molecule has 0 amide bonds. The minimum absolute atomic E-state index is 0.122. The quantitative estimate of drug-likeness (QED) is 0.493. The number of methoxy groups -OCH3 is 1. The number of aliphatic hydroxyl groups excluding tert-OH is 2. The van der Waals surface area contributed by atoms with Gasteiger partial charge in [0.25, 0.3) is 0 Å². The zero-order chi connectivity index (χ0) is 25.5. The lowest BCUT2D eigenvalue weighted by Gasteiger charge is -2.63. The molecule has 5 rings (SSSR count). The minimum Gasteiger partial charge on any atom is -0.472 e. The molecule has 2 N–H and O–H groups in total. The Morgan fingerprint density at radius 2 is 1.94 bits per heavy atom. The maximum absolute atomic E-state index is 13.9. The Bertz CT molecular complexity index is 1100. The molecule has 1 saturated heterocycles. The van der Waals surface area contributed by atoms with Gasteiger partial charge in [-0.05, 0) is 42.2 Å². The fraction of sp³-hybridized carbons (Fsp3) is 0.667. The summed E-state index contributed by atoms with van der Waals surface area (Å²) in [5.74, 6) is -3.07. The summed E-state index contributed by atoms with van der Waals surface area (Å²) in [5, 5.41) is 22.5. The van der Waals surface area contributed by atoms with Crippen molar-refractivity contribution >= 4 is 17.7 Å². The zero-order valence-corrected chi connectivity index (χ0v) is 20.9. The minimum atomic E-state index is -1.56. The molecule has 35 heavy (non-hydrogen) atoms. The first-order valence-electron chi connectivity index (χ1n) is 12.3. The van der Waals surface area contributed by atoms with Crippen molar-refractivity contribution in [1.29, 1.82) is 0 Å². The number of ether oxygens (including phenoxy) is 2. The molecule has 8 heteroatoms. The van der Waals surface area contributed by atoms with Gasteiger partial charge >= 0.3 is 11.9 Å². The van der Waals surface area contributed by atoms with Crippen LogP contribution in [-0.2, 0) is 23.9 Å². The van der Waals surface area contributed by atoms with Crippen LogP contribution in [0.1, 0.15) is 65.0 Å². The van der Waals surface area contributed by atoms with Gasteiger partial charge in [-0.1, -0.05) is 33.3 Å². The van der Waals surface area contributed by atoms with E-state index in [4.69, 9.17) is 13.9 Å². The van der Waals surface area contributed by atoms with Crippen molar-refractivity contribution in [3.05, 3.63) is 35.3 Å². The Hall–Kier alpha value is -2.45. The van der Waals surface area contributed by atoms with Crippen molar-refractivity contribution in [3.63, 3.8) is 0 Å². The normalized spacial score (nSPS) is 40.9. The molecule has 1 aromatic heterocycles. The van der Waals surface area contributed by atoms with Gasteiger partial charge in [0, 0.05) is 28.2 Å². The largest absolute Gasteiger partial charge is 0.472 e. The summed E-state index contributed by atoms with van der Waals surface area (Å²) in [5.41, 5.74) is 0.241. The van der Waals surface area contributed by atoms with Crippen LogP contribution in [-0.4, -0.2) is 47.3 Å². The Morgan fingerprint density at radius 3 is 2.57 bits per heavy atom. The van der Waals surface area contributed by atoms with Crippen LogP contribution in [0.5, 0.6) is 0 Å². The maximum Gasteiger partial charge on any atom is 0.335 e. The first-order valence-corrected chi connectivity index (χ1v) is 12.3. The van der Waals surface area contributed by atoms with E-state index in [1.54, 1.807) is 18.6 Å². The monoisotopic (exact) mass is 486 g/mol. The second kappa shape index (κ2) is 7.77. The first-order chi connectivity index (χ1) is 16.4. The summed E-state index contributed by atoms with van der Waals surface area (Å²) < 4.78 is 16.0. The summed E-state index contributed by atoms with van der Waals surface area (Å²) in [6, 6.07) is 1.80. The third-order valence-electron chi connectivity index (χ3n) is 9.83. The molecule has 4 aliphatic rings. The Kier molecular flexibility index (Phi) is 5.39. The number of ketones is 1. The first kappa shape index (κ1) is 24.3. The topological polar surface area (TPSA) is 123 Å². The van der Waals surface area contributed by atoms with Crippen LogP contribution < -0.4 is 0 Å². The summed E-state index contributed by atoms with van der Waals surface area (Å²) in [4.78, 5) is 39.2. The van der Waals surface area contributed by atoms with E-state index in [0.29, 0.717) is 19.3 Å². The fourth-order valence-corrected chi connectivity index (χ4v) is 8.18. The van der Waals surface area contributed by atoms with Crippen LogP contribution in [0.25, 0.3) is 0 Å². The van der Waals surface area contributed by atoms with Crippen LogP contribution in [0.2, 0.25) is 0 Å². The highest BCUT2D eigenvalue weighted by Crippen LogP contribution is 2.67. The molecule has 2 saturated carbocycles. The summed E-state index contributed by atoms with van der Waals surface area (Å²) in [7, 11) is 1.20. The molecule has 8 atom stereocenters. The molecule has 0 radical (unpaired) electrons. The second-order valence-electron chi connectivity index (χ2n) is 11.8. The zero-order valence-electron chi connectivity index (χ0n) is 20.9.